The minimum atomic E-state index is -0.341. The van der Waals surface area contributed by atoms with Crippen LogP contribution in [0.25, 0.3) is 0 Å². The Balaban J connectivity index is 1.95. The summed E-state index contributed by atoms with van der Waals surface area (Å²) in [5.74, 6) is 1.26. The number of nitrogens with zero attached hydrogens (tertiary/aromatic N) is 2. The van der Waals surface area contributed by atoms with Gasteiger partial charge in [0, 0.05) is 17.3 Å². The maximum atomic E-state index is 9.19. The first-order valence-electron chi connectivity index (χ1n) is 5.87. The van der Waals surface area contributed by atoms with Gasteiger partial charge in [0.25, 0.3) is 0 Å². The van der Waals surface area contributed by atoms with Gasteiger partial charge in [-0.3, -0.25) is 0 Å². The highest BCUT2D eigenvalue weighted by atomic mass is 79.9. The van der Waals surface area contributed by atoms with E-state index in [4.69, 9.17) is 4.52 Å². The molecule has 0 aliphatic carbocycles. The van der Waals surface area contributed by atoms with Crippen molar-refractivity contribution in [1.29, 1.82) is 0 Å². The number of hydrogen-bond donors (Lipinski definition) is 1. The summed E-state index contributed by atoms with van der Waals surface area (Å²) in [4.78, 5) is 4.30. The molecule has 0 spiro atoms. The highest BCUT2D eigenvalue weighted by molar-refractivity contribution is 9.10. The van der Waals surface area contributed by atoms with Crippen LogP contribution in [-0.4, -0.2) is 21.4 Å². The third-order valence-electron chi connectivity index (χ3n) is 2.56. The molecule has 1 aromatic carbocycles. The summed E-state index contributed by atoms with van der Waals surface area (Å²) in [5, 5.41) is 13.1. The fourth-order valence-corrected chi connectivity index (χ4v) is 1.85. The van der Waals surface area contributed by atoms with Crippen molar-refractivity contribution in [2.75, 3.05) is 0 Å². The van der Waals surface area contributed by atoms with E-state index in [-0.39, 0.29) is 6.10 Å². The number of hydrogen-bond acceptors (Lipinski definition) is 4. The van der Waals surface area contributed by atoms with Crippen LogP contribution in [-0.2, 0) is 12.8 Å². The Kier molecular flexibility index (Phi) is 4.49. The van der Waals surface area contributed by atoms with E-state index in [2.05, 4.69) is 26.1 Å². The average Bonchev–Trinajstić information content (AvgIpc) is 2.77. The van der Waals surface area contributed by atoms with Crippen molar-refractivity contribution in [2.45, 2.75) is 32.3 Å². The Morgan fingerprint density at radius 3 is 2.72 bits per heavy atom. The van der Waals surface area contributed by atoms with Gasteiger partial charge in [0.1, 0.15) is 0 Å². The number of rotatable bonds is 5. The molecule has 96 valence electrons. The molecule has 1 aromatic heterocycles. The molecule has 0 saturated carbocycles. The summed E-state index contributed by atoms with van der Waals surface area (Å²) < 4.78 is 6.18. The smallest absolute Gasteiger partial charge is 0.226 e. The van der Waals surface area contributed by atoms with E-state index in [0.29, 0.717) is 31.0 Å². The van der Waals surface area contributed by atoms with Crippen LogP contribution in [0.15, 0.2) is 33.3 Å². The lowest BCUT2D eigenvalue weighted by Gasteiger charge is -1.98. The highest BCUT2D eigenvalue weighted by Crippen LogP contribution is 2.13. The Morgan fingerprint density at radius 2 is 2.06 bits per heavy atom. The first-order valence-corrected chi connectivity index (χ1v) is 6.67. The second-order valence-corrected chi connectivity index (χ2v) is 5.21. The maximum absolute atomic E-state index is 9.19. The van der Waals surface area contributed by atoms with Crippen molar-refractivity contribution < 1.29 is 9.63 Å². The van der Waals surface area contributed by atoms with Crippen LogP contribution in [0.1, 0.15) is 30.6 Å². The normalized spacial score (nSPS) is 12.6. The lowest BCUT2D eigenvalue weighted by molar-refractivity contribution is 0.180. The van der Waals surface area contributed by atoms with Crippen molar-refractivity contribution in [3.8, 4) is 0 Å². The number of aliphatic hydroxyl groups is 1. The van der Waals surface area contributed by atoms with Crippen LogP contribution in [0, 0.1) is 0 Å². The summed E-state index contributed by atoms with van der Waals surface area (Å²) in [6.07, 6.45) is 1.57. The zero-order valence-electron chi connectivity index (χ0n) is 10.1. The molecule has 18 heavy (non-hydrogen) atoms. The van der Waals surface area contributed by atoms with Crippen LogP contribution >= 0.6 is 15.9 Å². The van der Waals surface area contributed by atoms with Gasteiger partial charge in [-0.2, -0.15) is 4.98 Å². The highest BCUT2D eigenvalue weighted by Gasteiger charge is 2.08. The largest absolute Gasteiger partial charge is 0.393 e. The van der Waals surface area contributed by atoms with Gasteiger partial charge < -0.3 is 9.63 Å². The predicted molar refractivity (Wildman–Crippen MR) is 71.2 cm³/mol. The van der Waals surface area contributed by atoms with Crippen LogP contribution in [0.4, 0.5) is 0 Å². The number of aliphatic hydroxyl groups excluding tert-OH is 1. The van der Waals surface area contributed by atoms with Crippen molar-refractivity contribution in [2.24, 2.45) is 0 Å². The SMILES string of the molecule is CC(O)CCc1nc(Cc2ccc(Br)cc2)no1. The van der Waals surface area contributed by atoms with E-state index in [1.807, 2.05) is 24.3 Å². The summed E-state index contributed by atoms with van der Waals surface area (Å²) >= 11 is 3.40. The van der Waals surface area contributed by atoms with E-state index >= 15 is 0 Å². The molecule has 2 aromatic rings. The molecule has 0 aliphatic rings. The Bertz CT molecular complexity index is 494. The van der Waals surface area contributed by atoms with Gasteiger partial charge in [-0.1, -0.05) is 33.2 Å². The number of benzene rings is 1. The molecule has 4 nitrogen and oxygen atoms in total. The van der Waals surface area contributed by atoms with Crippen molar-refractivity contribution >= 4 is 15.9 Å². The summed E-state index contributed by atoms with van der Waals surface area (Å²) in [6.45, 7) is 1.75. The van der Waals surface area contributed by atoms with E-state index < -0.39 is 0 Å². The molecule has 0 radical (unpaired) electrons. The van der Waals surface area contributed by atoms with Crippen LogP contribution < -0.4 is 0 Å². The van der Waals surface area contributed by atoms with Gasteiger partial charge in [-0.25, -0.2) is 0 Å². The second kappa shape index (κ2) is 6.11. The molecular formula is C13H15BrN2O2. The van der Waals surface area contributed by atoms with E-state index in [1.54, 1.807) is 6.92 Å². The molecule has 0 amide bonds. The van der Waals surface area contributed by atoms with Crippen molar-refractivity contribution in [3.63, 3.8) is 0 Å². The molecule has 2 rings (SSSR count). The standard InChI is InChI=1S/C13H15BrN2O2/c1-9(17)2-7-13-15-12(16-18-13)8-10-3-5-11(14)6-4-10/h3-6,9,17H,2,7-8H2,1H3. The Hall–Kier alpha value is -1.20. The predicted octanol–water partition coefficient (Wildman–Crippen LogP) is 2.74. The van der Waals surface area contributed by atoms with Gasteiger partial charge in [0.05, 0.1) is 6.10 Å². The van der Waals surface area contributed by atoms with E-state index in [1.165, 1.54) is 0 Å². The van der Waals surface area contributed by atoms with E-state index in [9.17, 15) is 5.11 Å². The number of aryl methyl sites for hydroxylation is 1. The van der Waals surface area contributed by atoms with Gasteiger partial charge in [0.2, 0.25) is 5.89 Å². The molecule has 1 heterocycles. The van der Waals surface area contributed by atoms with Gasteiger partial charge in [-0.15, -0.1) is 0 Å². The molecule has 0 fully saturated rings. The molecule has 5 heteroatoms. The topological polar surface area (TPSA) is 59.2 Å². The molecule has 0 saturated heterocycles. The fraction of sp³-hybridized carbons (Fsp3) is 0.385. The maximum Gasteiger partial charge on any atom is 0.226 e. The second-order valence-electron chi connectivity index (χ2n) is 4.30. The lowest BCUT2D eigenvalue weighted by Crippen LogP contribution is -2.01. The van der Waals surface area contributed by atoms with Crippen LogP contribution in [0.5, 0.6) is 0 Å². The Morgan fingerprint density at radius 1 is 1.33 bits per heavy atom. The summed E-state index contributed by atoms with van der Waals surface area (Å²) in [7, 11) is 0. The minimum absolute atomic E-state index is 0.341. The molecule has 0 aliphatic heterocycles. The Labute approximate surface area is 114 Å². The lowest BCUT2D eigenvalue weighted by atomic mass is 10.1. The van der Waals surface area contributed by atoms with Gasteiger partial charge in [0.15, 0.2) is 5.82 Å². The first-order chi connectivity index (χ1) is 8.63. The zero-order chi connectivity index (χ0) is 13.0. The van der Waals surface area contributed by atoms with Crippen molar-refractivity contribution in [3.05, 3.63) is 46.0 Å². The van der Waals surface area contributed by atoms with Gasteiger partial charge >= 0.3 is 0 Å². The molecule has 0 bridgehead atoms. The van der Waals surface area contributed by atoms with Crippen LogP contribution in [0.3, 0.4) is 0 Å². The van der Waals surface area contributed by atoms with Crippen molar-refractivity contribution in [1.82, 2.24) is 10.1 Å². The quantitative estimate of drug-likeness (QED) is 0.922. The minimum Gasteiger partial charge on any atom is -0.393 e. The van der Waals surface area contributed by atoms with Crippen LogP contribution in [0.2, 0.25) is 0 Å². The van der Waals surface area contributed by atoms with E-state index in [0.717, 1.165) is 10.0 Å². The summed E-state index contributed by atoms with van der Waals surface area (Å²) in [6, 6.07) is 8.03. The molecule has 1 atom stereocenters. The monoisotopic (exact) mass is 310 g/mol. The molecular weight excluding hydrogens is 296 g/mol. The first kappa shape index (κ1) is 13.2. The fourth-order valence-electron chi connectivity index (χ4n) is 1.58. The molecule has 1 N–H and O–H groups in total. The van der Waals surface area contributed by atoms with Gasteiger partial charge in [-0.05, 0) is 31.0 Å². The molecule has 1 unspecified atom stereocenters. The number of aromatic nitrogens is 2. The average molecular weight is 311 g/mol. The third-order valence-corrected chi connectivity index (χ3v) is 3.09. The summed E-state index contributed by atoms with van der Waals surface area (Å²) in [5.41, 5.74) is 1.14. The number of halogens is 1. The third kappa shape index (κ3) is 3.92. The zero-order valence-corrected chi connectivity index (χ0v) is 11.7.